The van der Waals surface area contributed by atoms with Crippen LogP contribution in [-0.4, -0.2) is 67.0 Å². The van der Waals surface area contributed by atoms with Crippen LogP contribution in [0.25, 0.3) is 0 Å². The Balaban J connectivity index is 3.72. The fourth-order valence-corrected chi connectivity index (χ4v) is 5.30. The van der Waals surface area contributed by atoms with Gasteiger partial charge in [-0.3, -0.25) is 4.79 Å². The quantitative estimate of drug-likeness (QED) is 0.121. The maximum Gasteiger partial charge on any atom is 0.500 e. The van der Waals surface area contributed by atoms with Crippen LogP contribution in [-0.2, 0) is 37.1 Å². The Labute approximate surface area is 182 Å². The van der Waals surface area contributed by atoms with Gasteiger partial charge in [0.25, 0.3) is 0 Å². The van der Waals surface area contributed by atoms with Crippen molar-refractivity contribution in [2.45, 2.75) is 65.8 Å². The Morgan fingerprint density at radius 3 is 1.97 bits per heavy atom. The van der Waals surface area contributed by atoms with Crippen LogP contribution in [0.15, 0.2) is 12.2 Å². The van der Waals surface area contributed by atoms with Crippen LogP contribution in [0.3, 0.4) is 0 Å². The number of rotatable bonds is 20. The summed E-state index contributed by atoms with van der Waals surface area (Å²) in [5, 5.41) is 0. The van der Waals surface area contributed by atoms with Crippen molar-refractivity contribution in [2.75, 3.05) is 46.2 Å². The molecule has 0 aromatic carbocycles. The summed E-state index contributed by atoms with van der Waals surface area (Å²) in [5.41, 5.74) is 0.358. The highest BCUT2D eigenvalue weighted by molar-refractivity contribution is 6.60. The average molecular weight is 449 g/mol. The maximum atomic E-state index is 11.7. The zero-order valence-corrected chi connectivity index (χ0v) is 20.2. The predicted molar refractivity (Wildman–Crippen MR) is 116 cm³/mol. The maximum absolute atomic E-state index is 11.7. The van der Waals surface area contributed by atoms with Crippen LogP contribution in [0.1, 0.15) is 59.8 Å². The molecule has 0 unspecified atom stereocenters. The predicted octanol–water partition coefficient (Wildman–Crippen LogP) is 3.66. The fourth-order valence-electron chi connectivity index (χ4n) is 2.62. The summed E-state index contributed by atoms with van der Waals surface area (Å²) in [6, 6.07) is 0.773. The summed E-state index contributed by atoms with van der Waals surface area (Å²) in [7, 11) is -2.57. The summed E-state index contributed by atoms with van der Waals surface area (Å²) in [4.78, 5) is 22.9. The van der Waals surface area contributed by atoms with E-state index in [2.05, 4.69) is 6.58 Å². The van der Waals surface area contributed by atoms with Crippen molar-refractivity contribution in [1.29, 1.82) is 0 Å². The summed E-state index contributed by atoms with van der Waals surface area (Å²) in [6.07, 6.45) is 3.50. The van der Waals surface area contributed by atoms with Crippen LogP contribution in [0, 0.1) is 0 Å². The summed E-state index contributed by atoms with van der Waals surface area (Å²) >= 11 is 0. The molecule has 0 aromatic rings. The molecule has 0 radical (unpaired) electrons. The van der Waals surface area contributed by atoms with Crippen molar-refractivity contribution < 1.29 is 37.1 Å². The Bertz CT molecular complexity index is 467. The number of ether oxygens (including phenoxy) is 3. The molecule has 0 amide bonds. The third kappa shape index (κ3) is 14.7. The second-order valence-corrected chi connectivity index (χ2v) is 9.38. The normalized spacial score (nSPS) is 11.3. The topological polar surface area (TPSA) is 89.5 Å². The van der Waals surface area contributed by atoms with Gasteiger partial charge in [-0.1, -0.05) is 13.0 Å². The van der Waals surface area contributed by atoms with E-state index in [1.54, 1.807) is 6.92 Å². The molecule has 0 heterocycles. The molecule has 0 atom stereocenters. The highest BCUT2D eigenvalue weighted by Gasteiger charge is 2.39. The number of esters is 2. The largest absolute Gasteiger partial charge is 0.500 e. The van der Waals surface area contributed by atoms with Gasteiger partial charge in [-0.25, -0.2) is 4.79 Å². The zero-order chi connectivity index (χ0) is 22.7. The molecule has 0 rings (SSSR count). The van der Waals surface area contributed by atoms with Crippen LogP contribution in [0.5, 0.6) is 0 Å². The highest BCUT2D eigenvalue weighted by Crippen LogP contribution is 2.20. The van der Waals surface area contributed by atoms with E-state index in [1.165, 1.54) is 0 Å². The lowest BCUT2D eigenvalue weighted by Crippen LogP contribution is -2.45. The lowest BCUT2D eigenvalue weighted by atomic mass is 10.2. The summed E-state index contributed by atoms with van der Waals surface area (Å²) in [6.45, 7) is 13.9. The van der Waals surface area contributed by atoms with E-state index >= 15 is 0 Å². The first-order valence-corrected chi connectivity index (χ1v) is 12.8. The lowest BCUT2D eigenvalue weighted by Gasteiger charge is -2.28. The third-order valence-electron chi connectivity index (χ3n) is 3.96. The van der Waals surface area contributed by atoms with E-state index in [1.807, 2.05) is 20.8 Å². The molecule has 0 N–H and O–H groups in total. The van der Waals surface area contributed by atoms with E-state index in [4.69, 9.17) is 27.5 Å². The van der Waals surface area contributed by atoms with Gasteiger partial charge in [0.1, 0.15) is 6.61 Å². The first kappa shape index (κ1) is 28.7. The van der Waals surface area contributed by atoms with Crippen molar-refractivity contribution in [3.63, 3.8) is 0 Å². The fraction of sp³-hybridized carbons (Fsp3) is 0.810. The third-order valence-corrected chi connectivity index (χ3v) is 7.11. The molecule has 0 saturated carbocycles. The molecule has 0 aromatic heterocycles. The smallest absolute Gasteiger partial charge is 0.466 e. The van der Waals surface area contributed by atoms with Crippen LogP contribution in [0.2, 0.25) is 6.04 Å². The Kier molecular flexibility index (Phi) is 17.7. The molecule has 9 heteroatoms. The zero-order valence-electron chi connectivity index (χ0n) is 19.2. The SMILES string of the molecule is C=C(C)C(=O)OCCOCCCC(=O)OCCCCC[Si](OCC)(OCC)OCC. The number of unbranched alkanes of at least 4 members (excludes halogenated alkanes) is 2. The molecule has 0 saturated heterocycles. The van der Waals surface area contributed by atoms with Crippen molar-refractivity contribution in [1.82, 2.24) is 0 Å². The molecule has 0 spiro atoms. The van der Waals surface area contributed by atoms with Crippen molar-refractivity contribution in [3.05, 3.63) is 12.2 Å². The minimum Gasteiger partial charge on any atom is -0.466 e. The van der Waals surface area contributed by atoms with Crippen molar-refractivity contribution in [3.8, 4) is 0 Å². The first-order chi connectivity index (χ1) is 14.4. The van der Waals surface area contributed by atoms with Gasteiger partial charge in [0.05, 0.1) is 13.2 Å². The Hall–Kier alpha value is -1.26. The molecule has 8 nitrogen and oxygen atoms in total. The van der Waals surface area contributed by atoms with Crippen molar-refractivity contribution >= 4 is 20.7 Å². The second-order valence-electron chi connectivity index (χ2n) is 6.65. The van der Waals surface area contributed by atoms with Gasteiger partial charge < -0.3 is 27.5 Å². The van der Waals surface area contributed by atoms with Gasteiger partial charge in [-0.2, -0.15) is 0 Å². The molecule has 0 fully saturated rings. The van der Waals surface area contributed by atoms with Crippen molar-refractivity contribution in [2.24, 2.45) is 0 Å². The standard InChI is InChI=1S/C21H40O8Si/c1-6-27-30(28-7-2,29-8-3)18-11-9-10-15-25-20(22)13-12-14-24-16-17-26-21(23)19(4)5/h4,6-18H2,1-3,5H3. The molecule has 0 aliphatic rings. The molecular formula is C21H40O8Si. The van der Waals surface area contributed by atoms with E-state index < -0.39 is 14.8 Å². The molecule has 0 aliphatic heterocycles. The van der Waals surface area contributed by atoms with E-state index in [0.29, 0.717) is 58.1 Å². The number of hydrogen-bond acceptors (Lipinski definition) is 8. The first-order valence-electron chi connectivity index (χ1n) is 10.9. The molecule has 0 aliphatic carbocycles. The van der Waals surface area contributed by atoms with Gasteiger partial charge in [-0.05, 0) is 47.0 Å². The minimum atomic E-state index is -2.57. The highest BCUT2D eigenvalue weighted by atomic mass is 28.4. The average Bonchev–Trinajstić information content (AvgIpc) is 2.70. The van der Waals surface area contributed by atoms with Crippen LogP contribution >= 0.6 is 0 Å². The van der Waals surface area contributed by atoms with E-state index in [-0.39, 0.29) is 12.6 Å². The van der Waals surface area contributed by atoms with Crippen LogP contribution < -0.4 is 0 Å². The van der Waals surface area contributed by atoms with Gasteiger partial charge in [0, 0.05) is 44.5 Å². The van der Waals surface area contributed by atoms with Gasteiger partial charge >= 0.3 is 20.7 Å². The van der Waals surface area contributed by atoms with E-state index in [9.17, 15) is 9.59 Å². The number of carbonyl (C=O) groups is 2. The van der Waals surface area contributed by atoms with E-state index in [0.717, 1.165) is 25.3 Å². The number of carbonyl (C=O) groups excluding carboxylic acids is 2. The second kappa shape index (κ2) is 18.5. The summed E-state index contributed by atoms with van der Waals surface area (Å²) in [5.74, 6) is -0.655. The molecule has 176 valence electrons. The van der Waals surface area contributed by atoms with Gasteiger partial charge in [0.2, 0.25) is 0 Å². The minimum absolute atomic E-state index is 0.177. The summed E-state index contributed by atoms with van der Waals surface area (Å²) < 4.78 is 32.9. The Morgan fingerprint density at radius 1 is 0.767 bits per heavy atom. The molecule has 30 heavy (non-hydrogen) atoms. The van der Waals surface area contributed by atoms with Crippen LogP contribution in [0.4, 0.5) is 0 Å². The Morgan fingerprint density at radius 2 is 1.40 bits per heavy atom. The molecule has 0 bridgehead atoms. The lowest BCUT2D eigenvalue weighted by molar-refractivity contribution is -0.144. The van der Waals surface area contributed by atoms with Gasteiger partial charge in [0.15, 0.2) is 0 Å². The monoisotopic (exact) mass is 448 g/mol. The van der Waals surface area contributed by atoms with Gasteiger partial charge in [-0.15, -0.1) is 0 Å². The molecular weight excluding hydrogens is 408 g/mol. The number of hydrogen-bond donors (Lipinski definition) is 0.